The first-order valence-corrected chi connectivity index (χ1v) is 7.27. The molecule has 0 aliphatic heterocycles. The van der Waals surface area contributed by atoms with E-state index in [2.05, 4.69) is 9.38 Å². The van der Waals surface area contributed by atoms with Crippen LogP contribution >= 0.6 is 0 Å². The van der Waals surface area contributed by atoms with Crippen LogP contribution in [0.2, 0.25) is 0 Å². The summed E-state index contributed by atoms with van der Waals surface area (Å²) in [7, 11) is 0. The fraction of sp³-hybridized carbons (Fsp3) is 0.538. The van der Waals surface area contributed by atoms with Gasteiger partial charge in [-0.1, -0.05) is 4.40 Å². The molecule has 110 valence electrons. The second kappa shape index (κ2) is 5.04. The van der Waals surface area contributed by atoms with Crippen LogP contribution in [0.1, 0.15) is 44.1 Å². The van der Waals surface area contributed by atoms with Crippen LogP contribution in [0.4, 0.5) is 13.2 Å². The molecule has 1 unspecified atom stereocenters. The summed E-state index contributed by atoms with van der Waals surface area (Å²) in [4.78, 5) is 3.64. The van der Waals surface area contributed by atoms with E-state index in [1.54, 1.807) is 20.8 Å². The number of nitrogens with zero attached hydrogens (tertiary/aromatic N) is 2. The molecule has 3 nitrogen and oxygen atoms in total. The zero-order valence-electron chi connectivity index (χ0n) is 11.4. The largest absolute Gasteiger partial charge is 0.591 e. The van der Waals surface area contributed by atoms with E-state index in [1.165, 1.54) is 6.07 Å². The molecule has 0 aromatic carbocycles. The Morgan fingerprint density at radius 3 is 2.40 bits per heavy atom. The molecular formula is C13H15F3N2OS. The van der Waals surface area contributed by atoms with E-state index in [0.717, 1.165) is 6.07 Å². The molecular weight excluding hydrogens is 289 g/mol. The number of hydrogen-bond donors (Lipinski definition) is 0. The number of hydrogen-bond acceptors (Lipinski definition) is 3. The van der Waals surface area contributed by atoms with Crippen LogP contribution in [0.25, 0.3) is 0 Å². The summed E-state index contributed by atoms with van der Waals surface area (Å²) in [5, 5.41) is 0. The van der Waals surface area contributed by atoms with Crippen LogP contribution in [0.5, 0.6) is 0 Å². The quantitative estimate of drug-likeness (QED) is 0.747. The van der Waals surface area contributed by atoms with Crippen LogP contribution in [-0.4, -0.2) is 20.0 Å². The summed E-state index contributed by atoms with van der Waals surface area (Å²) in [5.41, 5.74) is 0.643. The Bertz CT molecular complexity index is 550. The van der Waals surface area contributed by atoms with Gasteiger partial charge in [0.1, 0.15) is 27.5 Å². The monoisotopic (exact) mass is 304 g/mol. The number of halogens is 3. The summed E-state index contributed by atoms with van der Waals surface area (Å²) >= 11 is -1.42. The summed E-state index contributed by atoms with van der Waals surface area (Å²) in [6, 6.07) is 2.32. The first-order chi connectivity index (χ1) is 9.09. The highest BCUT2D eigenvalue weighted by atomic mass is 32.2. The highest BCUT2D eigenvalue weighted by molar-refractivity contribution is 7.91. The average molecular weight is 304 g/mol. The molecule has 0 spiro atoms. The average Bonchev–Trinajstić information content (AvgIpc) is 2.69. The Morgan fingerprint density at radius 1 is 1.20 bits per heavy atom. The van der Waals surface area contributed by atoms with Gasteiger partial charge in [0.25, 0.3) is 0 Å². The van der Waals surface area contributed by atoms with E-state index >= 15 is 0 Å². The minimum atomic E-state index is -4.44. The Balaban J connectivity index is 2.33. The van der Waals surface area contributed by atoms with Crippen molar-refractivity contribution in [1.29, 1.82) is 0 Å². The lowest BCUT2D eigenvalue weighted by Crippen LogP contribution is -2.26. The van der Waals surface area contributed by atoms with Crippen molar-refractivity contribution in [2.45, 2.75) is 44.5 Å². The maximum atomic E-state index is 12.6. The van der Waals surface area contributed by atoms with Gasteiger partial charge in [0.05, 0.1) is 5.69 Å². The summed E-state index contributed by atoms with van der Waals surface area (Å²) in [5.74, 6) is 0. The SMILES string of the molecule is CC(C)(C)[S+]([O-])/N=C1\CCc2nc(C(F)(F)F)ccc21. The lowest BCUT2D eigenvalue weighted by Gasteiger charge is -2.18. The third kappa shape index (κ3) is 3.15. The second-order valence-electron chi connectivity index (χ2n) is 5.59. The standard InChI is InChI=1S/C13H15F3N2OS/c1-12(2,3)20(19)18-10-6-5-9-8(10)4-7-11(17-9)13(14,15)16/h4,7H,5-6H2,1-3H3/b18-10+. The van der Waals surface area contributed by atoms with E-state index in [0.29, 0.717) is 29.8 Å². The van der Waals surface area contributed by atoms with Gasteiger partial charge in [-0.2, -0.15) is 13.2 Å². The Labute approximate surface area is 118 Å². The molecule has 0 radical (unpaired) electrons. The maximum absolute atomic E-state index is 12.6. The molecule has 0 bridgehead atoms. The van der Waals surface area contributed by atoms with E-state index in [-0.39, 0.29) is 0 Å². The van der Waals surface area contributed by atoms with Gasteiger partial charge in [0, 0.05) is 12.0 Å². The van der Waals surface area contributed by atoms with Crippen molar-refractivity contribution >= 4 is 17.1 Å². The smallest absolute Gasteiger partial charge is 0.433 e. The third-order valence-electron chi connectivity index (χ3n) is 2.89. The molecule has 0 N–H and O–H groups in total. The van der Waals surface area contributed by atoms with Crippen molar-refractivity contribution in [1.82, 2.24) is 4.98 Å². The van der Waals surface area contributed by atoms with E-state index in [4.69, 9.17) is 0 Å². The summed E-state index contributed by atoms with van der Waals surface area (Å²) in [6.07, 6.45) is -3.56. The van der Waals surface area contributed by atoms with Gasteiger partial charge in [0.15, 0.2) is 0 Å². The molecule has 0 fully saturated rings. The first-order valence-electron chi connectivity index (χ1n) is 6.16. The number of rotatable bonds is 1. The number of fused-ring (bicyclic) bond motifs is 1. The van der Waals surface area contributed by atoms with Crippen LogP contribution in [0.3, 0.4) is 0 Å². The van der Waals surface area contributed by atoms with Gasteiger partial charge >= 0.3 is 6.18 Å². The highest BCUT2D eigenvalue weighted by Crippen LogP contribution is 2.31. The second-order valence-corrected chi connectivity index (χ2v) is 7.49. The van der Waals surface area contributed by atoms with Gasteiger partial charge in [-0.15, -0.1) is 0 Å². The molecule has 7 heteroatoms. The van der Waals surface area contributed by atoms with Crippen molar-refractivity contribution in [3.63, 3.8) is 0 Å². The third-order valence-corrected chi connectivity index (χ3v) is 4.33. The molecule has 1 aliphatic carbocycles. The van der Waals surface area contributed by atoms with Crippen LogP contribution < -0.4 is 0 Å². The van der Waals surface area contributed by atoms with E-state index in [9.17, 15) is 17.7 Å². The van der Waals surface area contributed by atoms with Gasteiger partial charge in [-0.05, 0) is 39.3 Å². The Hall–Kier alpha value is -1.08. The van der Waals surface area contributed by atoms with E-state index < -0.39 is 28.0 Å². The van der Waals surface area contributed by atoms with Crippen molar-refractivity contribution in [3.05, 3.63) is 29.1 Å². The lowest BCUT2D eigenvalue weighted by atomic mass is 10.2. The normalized spacial score (nSPS) is 19.2. The lowest BCUT2D eigenvalue weighted by molar-refractivity contribution is -0.141. The number of pyridine rings is 1. The van der Waals surface area contributed by atoms with Crippen LogP contribution in [0.15, 0.2) is 16.5 Å². The predicted octanol–water partition coefficient (Wildman–Crippen LogP) is 3.30. The topological polar surface area (TPSA) is 48.3 Å². The molecule has 1 atom stereocenters. The van der Waals surface area contributed by atoms with Gasteiger partial charge in [0.2, 0.25) is 0 Å². The van der Waals surface area contributed by atoms with Crippen molar-refractivity contribution in [2.24, 2.45) is 4.40 Å². The van der Waals surface area contributed by atoms with E-state index in [1.807, 2.05) is 0 Å². The van der Waals surface area contributed by atoms with Crippen molar-refractivity contribution in [3.8, 4) is 0 Å². The number of alkyl halides is 3. The molecule has 1 aromatic rings. The molecule has 1 aliphatic rings. The highest BCUT2D eigenvalue weighted by Gasteiger charge is 2.35. The van der Waals surface area contributed by atoms with Crippen LogP contribution in [-0.2, 0) is 24.0 Å². The minimum Gasteiger partial charge on any atom is -0.591 e. The van der Waals surface area contributed by atoms with Crippen LogP contribution in [0, 0.1) is 0 Å². The van der Waals surface area contributed by atoms with Gasteiger partial charge < -0.3 is 4.55 Å². The molecule has 0 saturated carbocycles. The Kier molecular flexibility index (Phi) is 3.85. The van der Waals surface area contributed by atoms with Crippen molar-refractivity contribution in [2.75, 3.05) is 0 Å². The van der Waals surface area contributed by atoms with Gasteiger partial charge in [-0.25, -0.2) is 4.98 Å². The molecule has 2 rings (SSSR count). The molecule has 20 heavy (non-hydrogen) atoms. The maximum Gasteiger partial charge on any atom is 0.433 e. The van der Waals surface area contributed by atoms with Gasteiger partial charge in [-0.3, -0.25) is 0 Å². The Morgan fingerprint density at radius 2 is 1.85 bits per heavy atom. The predicted molar refractivity (Wildman–Crippen MR) is 72.0 cm³/mol. The number of aryl methyl sites for hydroxylation is 1. The van der Waals surface area contributed by atoms with Crippen molar-refractivity contribution < 1.29 is 17.7 Å². The summed E-state index contributed by atoms with van der Waals surface area (Å²) in [6.45, 7) is 5.40. The molecule has 0 amide bonds. The fourth-order valence-corrected chi connectivity index (χ4v) is 2.48. The number of aromatic nitrogens is 1. The zero-order chi connectivity index (χ0) is 15.1. The molecule has 0 saturated heterocycles. The molecule has 1 aromatic heterocycles. The first kappa shape index (κ1) is 15.3. The minimum absolute atomic E-state index is 0.379. The summed E-state index contributed by atoms with van der Waals surface area (Å²) < 4.78 is 53.4. The fourth-order valence-electron chi connectivity index (χ4n) is 1.82. The molecule has 1 heterocycles. The zero-order valence-corrected chi connectivity index (χ0v) is 12.2.